The molecular weight excluding hydrogens is 320 g/mol. The predicted molar refractivity (Wildman–Crippen MR) is 97.6 cm³/mol. The van der Waals surface area contributed by atoms with Crippen molar-refractivity contribution in [3.05, 3.63) is 83.9 Å². The summed E-state index contributed by atoms with van der Waals surface area (Å²) in [7, 11) is -1.17. The number of aryl methyl sites for hydroxylation is 2. The van der Waals surface area contributed by atoms with Crippen molar-refractivity contribution in [1.82, 2.24) is 0 Å². The molecule has 116 valence electrons. The van der Waals surface area contributed by atoms with E-state index < -0.39 is 10.8 Å². The summed E-state index contributed by atoms with van der Waals surface area (Å²) in [4.78, 5) is 3.91. The van der Waals surface area contributed by atoms with Crippen LogP contribution in [-0.4, -0.2) is 4.21 Å². The van der Waals surface area contributed by atoms with Gasteiger partial charge in [-0.05, 0) is 61.4 Å². The van der Waals surface area contributed by atoms with Crippen LogP contribution in [-0.2, 0) is 10.8 Å². The summed E-state index contributed by atoms with van der Waals surface area (Å²) in [5.74, 6) is 0. The highest BCUT2D eigenvalue weighted by atomic mass is 32.2. The minimum Gasteiger partial charge on any atom is -0.249 e. The van der Waals surface area contributed by atoms with Gasteiger partial charge in [-0.3, -0.25) is 0 Å². The molecule has 0 saturated carbocycles. The molecule has 0 spiro atoms. The molecule has 0 amide bonds. The quantitative estimate of drug-likeness (QED) is 0.614. The monoisotopic (exact) mass is 338 g/mol. The molecule has 0 heterocycles. The highest BCUT2D eigenvalue weighted by Crippen LogP contribution is 2.33. The van der Waals surface area contributed by atoms with Crippen molar-refractivity contribution < 1.29 is 4.21 Å². The van der Waals surface area contributed by atoms with Crippen molar-refractivity contribution in [3.8, 4) is 0 Å². The topological polar surface area (TPSA) is 17.1 Å². The molecule has 0 aliphatic carbocycles. The minimum atomic E-state index is -1.17. The summed E-state index contributed by atoms with van der Waals surface area (Å²) in [6.45, 7) is 4.13. The Morgan fingerprint density at radius 2 is 1.48 bits per heavy atom. The van der Waals surface area contributed by atoms with Crippen LogP contribution < -0.4 is 0 Å². The number of hydrogen-bond acceptors (Lipinski definition) is 2. The van der Waals surface area contributed by atoms with E-state index in [1.165, 1.54) is 11.1 Å². The fraction of sp³-hybridized carbons (Fsp3) is 0.100. The van der Waals surface area contributed by atoms with Crippen molar-refractivity contribution in [3.63, 3.8) is 0 Å². The second-order valence-electron chi connectivity index (χ2n) is 5.38. The van der Waals surface area contributed by atoms with Gasteiger partial charge in [0.25, 0.3) is 0 Å². The molecule has 0 radical (unpaired) electrons. The Balaban J connectivity index is 1.96. The molecular formula is C20H18OS2. The highest BCUT2D eigenvalue weighted by Gasteiger charge is 2.13. The molecule has 0 saturated heterocycles. The molecule has 0 bridgehead atoms. The van der Waals surface area contributed by atoms with Crippen LogP contribution >= 0.6 is 11.8 Å². The van der Waals surface area contributed by atoms with Crippen LogP contribution in [0.15, 0.2) is 92.4 Å². The second-order valence-corrected chi connectivity index (χ2v) is 7.94. The third kappa shape index (κ3) is 3.74. The number of hydrogen-bond donors (Lipinski definition) is 0. The third-order valence-electron chi connectivity index (χ3n) is 3.71. The zero-order chi connectivity index (χ0) is 16.2. The van der Waals surface area contributed by atoms with E-state index in [-0.39, 0.29) is 0 Å². The Labute approximate surface area is 144 Å². The van der Waals surface area contributed by atoms with Gasteiger partial charge in [0.05, 0.1) is 15.7 Å². The Bertz CT molecular complexity index is 841. The van der Waals surface area contributed by atoms with Crippen molar-refractivity contribution >= 4 is 22.6 Å². The lowest BCUT2D eigenvalue weighted by Crippen LogP contribution is -1.96. The maximum Gasteiger partial charge on any atom is 0.0861 e. The Morgan fingerprint density at radius 1 is 0.783 bits per heavy atom. The molecule has 0 aliphatic rings. The Hall–Kier alpha value is -1.84. The van der Waals surface area contributed by atoms with Crippen LogP contribution in [0.2, 0.25) is 0 Å². The summed E-state index contributed by atoms with van der Waals surface area (Å²) < 4.78 is 13.0. The van der Waals surface area contributed by atoms with E-state index in [4.69, 9.17) is 0 Å². The first kappa shape index (κ1) is 16.0. The smallest absolute Gasteiger partial charge is 0.0861 e. The maximum absolute atomic E-state index is 13.0. The van der Waals surface area contributed by atoms with Gasteiger partial charge in [-0.1, -0.05) is 48.2 Å². The van der Waals surface area contributed by atoms with Gasteiger partial charge in [-0.25, -0.2) is 4.21 Å². The van der Waals surface area contributed by atoms with Crippen molar-refractivity contribution in [1.29, 1.82) is 0 Å². The second kappa shape index (κ2) is 7.16. The number of benzene rings is 3. The molecule has 3 rings (SSSR count). The molecule has 0 N–H and O–H groups in total. The van der Waals surface area contributed by atoms with E-state index in [0.29, 0.717) is 0 Å². The van der Waals surface area contributed by atoms with Crippen LogP contribution in [0, 0.1) is 13.8 Å². The van der Waals surface area contributed by atoms with Gasteiger partial charge >= 0.3 is 0 Å². The summed E-state index contributed by atoms with van der Waals surface area (Å²) in [6.07, 6.45) is 0. The van der Waals surface area contributed by atoms with E-state index in [1.54, 1.807) is 11.8 Å². The predicted octanol–water partition coefficient (Wildman–Crippen LogP) is 5.62. The summed E-state index contributed by atoms with van der Waals surface area (Å²) >= 11 is 1.65. The van der Waals surface area contributed by atoms with Gasteiger partial charge < -0.3 is 0 Å². The average Bonchev–Trinajstić information content (AvgIpc) is 2.58. The standard InChI is InChI=1S/C20H18OS2/c1-15-12-13-18(14-16(15)2)23(21)20-11-7-6-10-19(20)22-17-8-4-3-5-9-17/h3-14H,1-2H3. The SMILES string of the molecule is Cc1ccc(S(=O)c2ccccc2Sc2ccccc2)cc1C. The first-order chi connectivity index (χ1) is 11.1. The van der Waals surface area contributed by atoms with Crippen LogP contribution in [0.1, 0.15) is 11.1 Å². The Kier molecular flexibility index (Phi) is 4.99. The maximum atomic E-state index is 13.0. The van der Waals surface area contributed by atoms with Crippen molar-refractivity contribution in [2.75, 3.05) is 0 Å². The zero-order valence-electron chi connectivity index (χ0n) is 13.2. The first-order valence-corrected chi connectivity index (χ1v) is 9.43. The lowest BCUT2D eigenvalue weighted by atomic mass is 10.1. The molecule has 1 unspecified atom stereocenters. The van der Waals surface area contributed by atoms with E-state index in [9.17, 15) is 4.21 Å². The lowest BCUT2D eigenvalue weighted by Gasteiger charge is -2.10. The summed E-state index contributed by atoms with van der Waals surface area (Å²) in [5.41, 5.74) is 2.39. The van der Waals surface area contributed by atoms with Gasteiger partial charge in [0.15, 0.2) is 0 Å². The van der Waals surface area contributed by atoms with Crippen LogP contribution in [0.3, 0.4) is 0 Å². The van der Waals surface area contributed by atoms with Crippen LogP contribution in [0.4, 0.5) is 0 Å². The molecule has 0 fully saturated rings. The highest BCUT2D eigenvalue weighted by molar-refractivity contribution is 8.00. The molecule has 23 heavy (non-hydrogen) atoms. The molecule has 1 atom stereocenters. The van der Waals surface area contributed by atoms with Gasteiger partial charge in [0.2, 0.25) is 0 Å². The normalized spacial score (nSPS) is 12.1. The van der Waals surface area contributed by atoms with Crippen LogP contribution in [0.5, 0.6) is 0 Å². The van der Waals surface area contributed by atoms with Gasteiger partial charge in [-0.2, -0.15) is 0 Å². The fourth-order valence-corrected chi connectivity index (χ4v) is 4.66. The van der Waals surface area contributed by atoms with Crippen molar-refractivity contribution in [2.24, 2.45) is 0 Å². The zero-order valence-corrected chi connectivity index (χ0v) is 14.8. The molecule has 3 heteroatoms. The van der Waals surface area contributed by atoms with E-state index in [2.05, 4.69) is 26.0 Å². The van der Waals surface area contributed by atoms with Gasteiger partial charge in [0, 0.05) is 14.7 Å². The van der Waals surface area contributed by atoms with Crippen molar-refractivity contribution in [2.45, 2.75) is 33.4 Å². The fourth-order valence-electron chi connectivity index (χ4n) is 2.26. The lowest BCUT2D eigenvalue weighted by molar-refractivity contribution is 0.681. The van der Waals surface area contributed by atoms with Gasteiger partial charge in [0.1, 0.15) is 0 Å². The van der Waals surface area contributed by atoms with E-state index in [0.717, 1.165) is 19.6 Å². The number of rotatable bonds is 4. The van der Waals surface area contributed by atoms with E-state index in [1.807, 2.05) is 60.7 Å². The first-order valence-electron chi connectivity index (χ1n) is 7.46. The molecule has 3 aromatic rings. The van der Waals surface area contributed by atoms with E-state index >= 15 is 0 Å². The minimum absolute atomic E-state index is 0.856. The average molecular weight is 338 g/mol. The molecule has 0 aliphatic heterocycles. The van der Waals surface area contributed by atoms with Crippen LogP contribution in [0.25, 0.3) is 0 Å². The third-order valence-corrected chi connectivity index (χ3v) is 6.36. The molecule has 3 aromatic carbocycles. The Morgan fingerprint density at radius 3 is 2.22 bits per heavy atom. The summed E-state index contributed by atoms with van der Waals surface area (Å²) in [6, 6.07) is 24.1. The van der Waals surface area contributed by atoms with Gasteiger partial charge in [-0.15, -0.1) is 0 Å². The molecule has 1 nitrogen and oxygen atoms in total. The summed E-state index contributed by atoms with van der Waals surface area (Å²) in [5, 5.41) is 0. The largest absolute Gasteiger partial charge is 0.249 e. The molecule has 0 aromatic heterocycles.